The molecule has 5 rings (SSSR count). The molecule has 222 valence electrons. The number of ether oxygens (including phenoxy) is 2. The first-order valence-electron chi connectivity index (χ1n) is 13.2. The van der Waals surface area contributed by atoms with Crippen LogP contribution in [0.5, 0.6) is 0 Å². The lowest BCUT2D eigenvalue weighted by molar-refractivity contribution is -0.211. The summed E-state index contributed by atoms with van der Waals surface area (Å²) in [5.74, 6) is -0.560. The number of hydrogen-bond donors (Lipinski definition) is 3. The molecule has 0 spiro atoms. The Balaban J connectivity index is 1.55. The summed E-state index contributed by atoms with van der Waals surface area (Å²) in [6, 6.07) is 10.4. The highest BCUT2D eigenvalue weighted by Gasteiger charge is 2.52. The first-order valence-corrected chi connectivity index (χ1v) is 14.8. The van der Waals surface area contributed by atoms with Gasteiger partial charge < -0.3 is 29.7 Å². The highest BCUT2D eigenvalue weighted by atomic mass is 79.9. The Morgan fingerprint density at radius 1 is 1.24 bits per heavy atom. The number of aromatic nitrogens is 3. The minimum absolute atomic E-state index is 0.316. The maximum Gasteiger partial charge on any atom is 0.259 e. The van der Waals surface area contributed by atoms with E-state index < -0.39 is 55.1 Å². The number of benzene rings is 2. The Labute approximate surface area is 260 Å². The number of carbonyl (C=O) groups excluding carboxylic acids is 1. The minimum Gasteiger partial charge on any atom is -0.394 e. The summed E-state index contributed by atoms with van der Waals surface area (Å²) in [7, 11) is 1.38. The van der Waals surface area contributed by atoms with E-state index in [1.54, 1.807) is 42.6 Å². The first kappa shape index (κ1) is 30.8. The van der Waals surface area contributed by atoms with E-state index in [1.807, 2.05) is 0 Å². The summed E-state index contributed by atoms with van der Waals surface area (Å²) < 4.78 is 13.7. The largest absolute Gasteiger partial charge is 0.394 e. The molecule has 1 aliphatic heterocycles. The summed E-state index contributed by atoms with van der Waals surface area (Å²) in [5, 5.41) is 50.9. The first-order chi connectivity index (χ1) is 20.2. The zero-order valence-corrected chi connectivity index (χ0v) is 25.4. The van der Waals surface area contributed by atoms with Crippen LogP contribution in [0.3, 0.4) is 0 Å². The second kappa shape index (κ2) is 13.0. The lowest BCUT2D eigenvalue weighted by Crippen LogP contribution is -2.62. The van der Waals surface area contributed by atoms with Gasteiger partial charge in [-0.25, -0.2) is 4.68 Å². The molecule has 2 heterocycles. The van der Waals surface area contributed by atoms with E-state index in [4.69, 9.17) is 32.7 Å². The molecule has 42 heavy (non-hydrogen) atoms. The van der Waals surface area contributed by atoms with Gasteiger partial charge in [-0.15, -0.1) is 5.10 Å². The van der Waals surface area contributed by atoms with Gasteiger partial charge in [0, 0.05) is 22.8 Å². The zero-order chi connectivity index (χ0) is 30.1. The molecule has 3 aromatic rings. The van der Waals surface area contributed by atoms with Gasteiger partial charge in [-0.2, -0.15) is 5.26 Å². The van der Waals surface area contributed by atoms with Gasteiger partial charge in [0.2, 0.25) is 0 Å². The molecule has 2 fully saturated rings. The van der Waals surface area contributed by atoms with Crippen LogP contribution in [0.2, 0.25) is 10.0 Å². The predicted molar refractivity (Wildman–Crippen MR) is 157 cm³/mol. The van der Waals surface area contributed by atoms with Crippen LogP contribution in [-0.4, -0.2) is 86.5 Å². The van der Waals surface area contributed by atoms with Crippen molar-refractivity contribution < 1.29 is 29.6 Å². The van der Waals surface area contributed by atoms with Crippen molar-refractivity contribution in [3.05, 3.63) is 62.7 Å². The fraction of sp³-hybridized carbons (Fsp3) is 0.429. The van der Waals surface area contributed by atoms with E-state index in [0.717, 1.165) is 0 Å². The Morgan fingerprint density at radius 2 is 2.02 bits per heavy atom. The Bertz CT molecular complexity index is 1500. The molecule has 5 unspecified atom stereocenters. The molecule has 0 bridgehead atoms. The van der Waals surface area contributed by atoms with Gasteiger partial charge >= 0.3 is 0 Å². The van der Waals surface area contributed by atoms with Crippen molar-refractivity contribution in [3.63, 3.8) is 0 Å². The van der Waals surface area contributed by atoms with Gasteiger partial charge in [0.05, 0.1) is 46.6 Å². The minimum atomic E-state index is -1.33. The normalized spacial score (nSPS) is 27.5. The van der Waals surface area contributed by atoms with E-state index in [0.29, 0.717) is 56.3 Å². The van der Waals surface area contributed by atoms with E-state index in [-0.39, 0.29) is 0 Å². The van der Waals surface area contributed by atoms with Crippen molar-refractivity contribution in [2.24, 2.45) is 0 Å². The van der Waals surface area contributed by atoms with Crippen LogP contribution in [0.25, 0.3) is 11.3 Å². The predicted octanol–water partition coefficient (Wildman–Crippen LogP) is 3.51. The van der Waals surface area contributed by atoms with Crippen molar-refractivity contribution in [1.29, 1.82) is 5.26 Å². The van der Waals surface area contributed by atoms with Crippen LogP contribution < -0.4 is 4.90 Å². The van der Waals surface area contributed by atoms with E-state index in [9.17, 15) is 25.4 Å². The Kier molecular flexibility index (Phi) is 9.51. The maximum absolute atomic E-state index is 14.4. The molecule has 1 saturated carbocycles. The average Bonchev–Trinajstić information content (AvgIpc) is 3.63. The molecular weight excluding hydrogens is 653 g/mol. The molecule has 3 N–H and O–H groups in total. The number of anilines is 1. The summed E-state index contributed by atoms with van der Waals surface area (Å²) in [6.45, 7) is -0.590. The fourth-order valence-corrected chi connectivity index (χ4v) is 6.47. The van der Waals surface area contributed by atoms with Crippen molar-refractivity contribution in [1.82, 2.24) is 15.0 Å². The molecule has 7 atom stereocenters. The smallest absolute Gasteiger partial charge is 0.259 e. The molecule has 1 saturated heterocycles. The number of amides is 1. The van der Waals surface area contributed by atoms with Crippen molar-refractivity contribution in [2.75, 3.05) is 18.6 Å². The number of halogens is 3. The lowest BCUT2D eigenvalue weighted by atomic mass is 9.91. The van der Waals surface area contributed by atoms with Gasteiger partial charge in [0.1, 0.15) is 30.0 Å². The third-order valence-corrected chi connectivity index (χ3v) is 8.91. The third kappa shape index (κ3) is 5.93. The highest BCUT2D eigenvalue weighted by molar-refractivity contribution is 9.10. The monoisotopic (exact) mass is 679 g/mol. The number of nitriles is 1. The van der Waals surface area contributed by atoms with Crippen LogP contribution in [0.15, 0.2) is 47.1 Å². The van der Waals surface area contributed by atoms with Crippen LogP contribution in [0.4, 0.5) is 5.69 Å². The summed E-state index contributed by atoms with van der Waals surface area (Å²) in [4.78, 5) is 15.9. The zero-order valence-electron chi connectivity index (χ0n) is 22.3. The number of aliphatic hydroxyl groups excluding tert-OH is 3. The summed E-state index contributed by atoms with van der Waals surface area (Å²) >= 11 is 15.6. The van der Waals surface area contributed by atoms with Crippen molar-refractivity contribution >= 4 is 50.7 Å². The van der Waals surface area contributed by atoms with Crippen LogP contribution in [-0.2, 0) is 14.3 Å². The number of aliphatic hydroxyl groups is 3. The van der Waals surface area contributed by atoms with Crippen LogP contribution in [0.1, 0.15) is 30.9 Å². The van der Waals surface area contributed by atoms with Crippen LogP contribution in [0, 0.1) is 11.3 Å². The standard InChI is InChI=1S/C28H28BrCl2N5O6/c1-41-26-24(35-12-20(33-34-35)15-5-6-18(30)19(31)9-15)25(39)23(13-37)42-27(26)28(40)36(21-3-2-4-22(21)38)17-8-14(11-32)7-16(29)10-17/h5-10,12,21-27,37-39H,2-4,13H2,1H3/t21-,22-,23?,24?,25?,26?,27?/m0/s1. The lowest BCUT2D eigenvalue weighted by Gasteiger charge is -2.45. The molecule has 11 nitrogen and oxygen atoms in total. The Morgan fingerprint density at radius 3 is 2.67 bits per heavy atom. The SMILES string of the molecule is COC1C(C(=O)N(c2cc(Br)cc(C#N)c2)[C@H]2CCC[C@@H]2O)OC(CO)C(O)C1n1cc(-c2ccc(Cl)c(Cl)c2)nn1. The molecule has 2 aliphatic rings. The van der Waals surface area contributed by atoms with E-state index >= 15 is 0 Å². The van der Waals surface area contributed by atoms with Gasteiger partial charge in [-0.05, 0) is 49.6 Å². The summed E-state index contributed by atoms with van der Waals surface area (Å²) in [5.41, 5.74) is 1.76. The second-order valence-electron chi connectivity index (χ2n) is 10.3. The van der Waals surface area contributed by atoms with Crippen molar-refractivity contribution in [3.8, 4) is 17.3 Å². The quantitative estimate of drug-likeness (QED) is 0.340. The molecule has 0 radical (unpaired) electrons. The number of hydrogen-bond acceptors (Lipinski definition) is 9. The van der Waals surface area contributed by atoms with Crippen molar-refractivity contribution in [2.45, 2.75) is 61.9 Å². The van der Waals surface area contributed by atoms with E-state index in [2.05, 4.69) is 32.3 Å². The fourth-order valence-electron chi connectivity index (χ4n) is 5.69. The van der Waals surface area contributed by atoms with Gasteiger partial charge in [-0.3, -0.25) is 4.79 Å². The summed E-state index contributed by atoms with van der Waals surface area (Å²) in [6.07, 6.45) is -2.40. The molecule has 1 aliphatic carbocycles. The maximum atomic E-state index is 14.4. The number of methoxy groups -OCH3 is 1. The van der Waals surface area contributed by atoms with Gasteiger partial charge in [-0.1, -0.05) is 50.4 Å². The molecular formula is C28H28BrCl2N5O6. The highest BCUT2D eigenvalue weighted by Crippen LogP contribution is 2.37. The number of carbonyl (C=O) groups is 1. The second-order valence-corrected chi connectivity index (χ2v) is 12.0. The Hall–Kier alpha value is -2.60. The average molecular weight is 681 g/mol. The molecule has 1 amide bonds. The van der Waals surface area contributed by atoms with Gasteiger partial charge in [0.15, 0.2) is 6.10 Å². The topological polar surface area (TPSA) is 154 Å². The van der Waals surface area contributed by atoms with Gasteiger partial charge in [0.25, 0.3) is 5.91 Å². The number of nitrogens with zero attached hydrogens (tertiary/aromatic N) is 5. The molecule has 1 aromatic heterocycles. The van der Waals surface area contributed by atoms with E-state index in [1.165, 1.54) is 16.7 Å². The third-order valence-electron chi connectivity index (χ3n) is 7.72. The van der Waals surface area contributed by atoms with Crippen LogP contribution >= 0.6 is 39.1 Å². The molecule has 2 aromatic carbocycles. The molecule has 14 heteroatoms. The number of rotatable bonds is 7.